The van der Waals surface area contributed by atoms with E-state index in [1.165, 1.54) is 4.90 Å². The zero-order chi connectivity index (χ0) is 13.9. The minimum Gasteiger partial charge on any atom is -0.337 e. The van der Waals surface area contributed by atoms with Crippen molar-refractivity contribution in [2.75, 3.05) is 6.54 Å². The Morgan fingerprint density at radius 3 is 2.65 bits per heavy atom. The third kappa shape index (κ3) is 2.40. The van der Waals surface area contributed by atoms with E-state index in [9.17, 15) is 9.59 Å². The van der Waals surface area contributed by atoms with Crippen LogP contribution in [-0.4, -0.2) is 33.2 Å². The van der Waals surface area contributed by atoms with Crippen molar-refractivity contribution in [3.05, 3.63) is 48.3 Å². The molecule has 0 spiro atoms. The molecule has 1 aromatic carbocycles. The standard InChI is InChI=1S/C14H14N4O2/c19-13-6-8-15-14(20)17(13)10-11-2-4-12(5-3-11)18-9-1-7-16-18/h1-5,7,9H,6,8,10H2,(H,15,20). The first-order valence-corrected chi connectivity index (χ1v) is 6.41. The van der Waals surface area contributed by atoms with Crippen LogP contribution in [0.4, 0.5) is 4.79 Å². The molecule has 6 heteroatoms. The zero-order valence-electron chi connectivity index (χ0n) is 10.8. The second-order valence-corrected chi connectivity index (χ2v) is 4.58. The summed E-state index contributed by atoms with van der Waals surface area (Å²) < 4.78 is 1.75. The molecule has 1 aromatic heterocycles. The number of aromatic nitrogens is 2. The highest BCUT2D eigenvalue weighted by Gasteiger charge is 2.25. The molecular weight excluding hydrogens is 256 g/mol. The lowest BCUT2D eigenvalue weighted by atomic mass is 10.2. The number of rotatable bonds is 3. The molecule has 0 saturated carbocycles. The molecule has 1 saturated heterocycles. The van der Waals surface area contributed by atoms with Crippen LogP contribution in [0.15, 0.2) is 42.7 Å². The van der Waals surface area contributed by atoms with Gasteiger partial charge in [-0.3, -0.25) is 9.69 Å². The van der Waals surface area contributed by atoms with E-state index in [2.05, 4.69) is 10.4 Å². The van der Waals surface area contributed by atoms with Gasteiger partial charge in [0.2, 0.25) is 5.91 Å². The van der Waals surface area contributed by atoms with E-state index in [1.807, 2.05) is 36.5 Å². The largest absolute Gasteiger partial charge is 0.337 e. The van der Waals surface area contributed by atoms with Gasteiger partial charge < -0.3 is 5.32 Å². The monoisotopic (exact) mass is 270 g/mol. The van der Waals surface area contributed by atoms with Crippen molar-refractivity contribution < 1.29 is 9.59 Å². The van der Waals surface area contributed by atoms with Gasteiger partial charge in [0.25, 0.3) is 0 Å². The molecule has 1 fully saturated rings. The van der Waals surface area contributed by atoms with Gasteiger partial charge in [0.15, 0.2) is 0 Å². The Kier molecular flexibility index (Phi) is 3.20. The average Bonchev–Trinajstić information content (AvgIpc) is 2.98. The highest BCUT2D eigenvalue weighted by atomic mass is 16.2. The minimum absolute atomic E-state index is 0.134. The lowest BCUT2D eigenvalue weighted by Crippen LogP contribution is -2.49. The van der Waals surface area contributed by atoms with Crippen LogP contribution in [-0.2, 0) is 11.3 Å². The van der Waals surface area contributed by atoms with Gasteiger partial charge in [-0.15, -0.1) is 0 Å². The Labute approximate surface area is 116 Å². The van der Waals surface area contributed by atoms with E-state index >= 15 is 0 Å². The number of nitrogens with zero attached hydrogens (tertiary/aromatic N) is 3. The third-order valence-corrected chi connectivity index (χ3v) is 3.21. The maximum Gasteiger partial charge on any atom is 0.324 e. The third-order valence-electron chi connectivity index (χ3n) is 3.21. The van der Waals surface area contributed by atoms with E-state index in [1.54, 1.807) is 10.9 Å². The Balaban J connectivity index is 1.75. The SMILES string of the molecule is O=C1CCNC(=O)N1Cc1ccc(-n2cccn2)cc1. The van der Waals surface area contributed by atoms with Crippen molar-refractivity contribution in [1.82, 2.24) is 20.0 Å². The molecule has 102 valence electrons. The number of urea groups is 1. The van der Waals surface area contributed by atoms with Crippen molar-refractivity contribution in [2.24, 2.45) is 0 Å². The van der Waals surface area contributed by atoms with Gasteiger partial charge in [-0.2, -0.15) is 5.10 Å². The lowest BCUT2D eigenvalue weighted by Gasteiger charge is -2.25. The maximum absolute atomic E-state index is 11.7. The maximum atomic E-state index is 11.7. The topological polar surface area (TPSA) is 67.2 Å². The van der Waals surface area contributed by atoms with Crippen LogP contribution < -0.4 is 5.32 Å². The van der Waals surface area contributed by atoms with E-state index in [-0.39, 0.29) is 11.9 Å². The van der Waals surface area contributed by atoms with E-state index in [0.29, 0.717) is 19.5 Å². The van der Waals surface area contributed by atoms with E-state index in [4.69, 9.17) is 0 Å². The number of carbonyl (C=O) groups excluding carboxylic acids is 2. The molecule has 3 rings (SSSR count). The number of hydrogen-bond acceptors (Lipinski definition) is 3. The number of carbonyl (C=O) groups is 2. The summed E-state index contributed by atoms with van der Waals surface area (Å²) in [5, 5.41) is 6.81. The summed E-state index contributed by atoms with van der Waals surface area (Å²) in [6, 6.07) is 9.14. The molecule has 0 atom stereocenters. The quantitative estimate of drug-likeness (QED) is 0.914. The molecule has 0 radical (unpaired) electrons. The fourth-order valence-electron chi connectivity index (χ4n) is 2.14. The normalized spacial score (nSPS) is 15.3. The van der Waals surface area contributed by atoms with Crippen molar-refractivity contribution in [3.63, 3.8) is 0 Å². The fourth-order valence-corrected chi connectivity index (χ4v) is 2.14. The van der Waals surface area contributed by atoms with Crippen LogP contribution in [0.2, 0.25) is 0 Å². The number of imide groups is 1. The van der Waals surface area contributed by atoms with Crippen molar-refractivity contribution in [2.45, 2.75) is 13.0 Å². The van der Waals surface area contributed by atoms with Gasteiger partial charge in [-0.1, -0.05) is 12.1 Å². The van der Waals surface area contributed by atoms with E-state index < -0.39 is 0 Å². The fraction of sp³-hybridized carbons (Fsp3) is 0.214. The molecule has 6 nitrogen and oxygen atoms in total. The second kappa shape index (κ2) is 5.16. The number of benzene rings is 1. The van der Waals surface area contributed by atoms with Gasteiger partial charge in [0.05, 0.1) is 12.2 Å². The van der Waals surface area contributed by atoms with Gasteiger partial charge in [0.1, 0.15) is 0 Å². The van der Waals surface area contributed by atoms with E-state index in [0.717, 1.165) is 11.3 Å². The minimum atomic E-state index is -0.322. The van der Waals surface area contributed by atoms with Crippen LogP contribution in [0.3, 0.4) is 0 Å². The van der Waals surface area contributed by atoms with Crippen molar-refractivity contribution in [1.29, 1.82) is 0 Å². The van der Waals surface area contributed by atoms with Crippen LogP contribution in [0, 0.1) is 0 Å². The molecule has 0 aliphatic carbocycles. The van der Waals surface area contributed by atoms with Gasteiger partial charge in [0, 0.05) is 25.4 Å². The molecule has 2 heterocycles. The van der Waals surface area contributed by atoms with Crippen molar-refractivity contribution >= 4 is 11.9 Å². The summed E-state index contributed by atoms with van der Waals surface area (Å²) in [5.74, 6) is -0.134. The number of hydrogen-bond donors (Lipinski definition) is 1. The first-order valence-electron chi connectivity index (χ1n) is 6.41. The van der Waals surface area contributed by atoms with Crippen molar-refractivity contribution in [3.8, 4) is 5.69 Å². The molecule has 1 N–H and O–H groups in total. The predicted octanol–water partition coefficient (Wildman–Crippen LogP) is 1.31. The summed E-state index contributed by atoms with van der Waals surface area (Å²) in [5.41, 5.74) is 1.85. The molecule has 0 unspecified atom stereocenters. The molecule has 0 bridgehead atoms. The van der Waals surface area contributed by atoms with Crippen LogP contribution in [0.25, 0.3) is 5.69 Å². The molecule has 20 heavy (non-hydrogen) atoms. The Morgan fingerprint density at radius 1 is 1.20 bits per heavy atom. The summed E-state index contributed by atoms with van der Waals surface area (Å²) in [4.78, 5) is 24.6. The zero-order valence-corrected chi connectivity index (χ0v) is 10.8. The molecule has 1 aliphatic rings. The lowest BCUT2D eigenvalue weighted by molar-refractivity contribution is -0.129. The first-order chi connectivity index (χ1) is 9.74. The first kappa shape index (κ1) is 12.4. The number of amides is 3. The van der Waals surface area contributed by atoms with Crippen LogP contribution >= 0.6 is 0 Å². The predicted molar refractivity (Wildman–Crippen MR) is 72.1 cm³/mol. The number of nitrogens with one attached hydrogen (secondary N) is 1. The molecule has 1 aliphatic heterocycles. The second-order valence-electron chi connectivity index (χ2n) is 4.58. The highest BCUT2D eigenvalue weighted by molar-refractivity contribution is 5.96. The molecule has 2 aromatic rings. The Hall–Kier alpha value is -2.63. The van der Waals surface area contributed by atoms with Gasteiger partial charge in [-0.25, -0.2) is 9.48 Å². The average molecular weight is 270 g/mol. The van der Waals surface area contributed by atoms with Crippen LogP contribution in [0.5, 0.6) is 0 Å². The Morgan fingerprint density at radius 2 is 2.00 bits per heavy atom. The summed E-state index contributed by atoms with van der Waals surface area (Å²) in [6.45, 7) is 0.719. The highest BCUT2D eigenvalue weighted by Crippen LogP contribution is 2.12. The summed E-state index contributed by atoms with van der Waals surface area (Å²) in [6.07, 6.45) is 3.93. The summed E-state index contributed by atoms with van der Waals surface area (Å²) in [7, 11) is 0. The molecule has 3 amide bonds. The van der Waals surface area contributed by atoms with Crippen LogP contribution in [0.1, 0.15) is 12.0 Å². The summed E-state index contributed by atoms with van der Waals surface area (Å²) >= 11 is 0. The van der Waals surface area contributed by atoms with Gasteiger partial charge >= 0.3 is 6.03 Å². The van der Waals surface area contributed by atoms with Gasteiger partial charge in [-0.05, 0) is 23.8 Å². The molecular formula is C14H14N4O2. The smallest absolute Gasteiger partial charge is 0.324 e. The Bertz CT molecular complexity index is 603.